The molecule has 1 atom stereocenters. The predicted molar refractivity (Wildman–Crippen MR) is 65.2 cm³/mol. The molecule has 0 aliphatic heterocycles. The Balaban J connectivity index is 4.05. The smallest absolute Gasteiger partial charge is 0.368 e. The zero-order valence-corrected chi connectivity index (χ0v) is 11.1. The SMILES string of the molecule is CCCCCCCC(NC(=O)CC(F)(F)F)C(N)=O. The van der Waals surface area contributed by atoms with Gasteiger partial charge in [0.1, 0.15) is 12.5 Å². The van der Waals surface area contributed by atoms with Crippen molar-refractivity contribution in [2.75, 3.05) is 0 Å². The van der Waals surface area contributed by atoms with Crippen LogP contribution in [0.1, 0.15) is 51.9 Å². The monoisotopic (exact) mass is 282 g/mol. The van der Waals surface area contributed by atoms with Gasteiger partial charge in [0.2, 0.25) is 11.8 Å². The number of nitrogens with two attached hydrogens (primary N) is 1. The van der Waals surface area contributed by atoms with Crippen LogP contribution < -0.4 is 11.1 Å². The Morgan fingerprint density at radius 1 is 1.16 bits per heavy atom. The number of carbonyl (C=O) groups excluding carboxylic acids is 2. The number of nitrogens with one attached hydrogen (secondary N) is 1. The molecule has 0 bridgehead atoms. The third-order valence-electron chi connectivity index (χ3n) is 2.64. The molecular weight excluding hydrogens is 261 g/mol. The second-order valence-electron chi connectivity index (χ2n) is 4.52. The Morgan fingerprint density at radius 3 is 2.21 bits per heavy atom. The Labute approximate surface area is 110 Å². The lowest BCUT2D eigenvalue weighted by Crippen LogP contribution is -2.45. The second-order valence-corrected chi connectivity index (χ2v) is 4.52. The highest BCUT2D eigenvalue weighted by Crippen LogP contribution is 2.19. The van der Waals surface area contributed by atoms with E-state index >= 15 is 0 Å². The minimum Gasteiger partial charge on any atom is -0.368 e. The lowest BCUT2D eigenvalue weighted by Gasteiger charge is -2.16. The first-order chi connectivity index (χ1) is 8.76. The number of halogens is 3. The summed E-state index contributed by atoms with van der Waals surface area (Å²) in [6.07, 6.45) is -1.23. The van der Waals surface area contributed by atoms with Gasteiger partial charge in [-0.2, -0.15) is 13.2 Å². The minimum absolute atomic E-state index is 0.280. The van der Waals surface area contributed by atoms with Crippen molar-refractivity contribution in [3.05, 3.63) is 0 Å². The summed E-state index contributed by atoms with van der Waals surface area (Å²) in [5.74, 6) is -2.02. The average molecular weight is 282 g/mol. The summed E-state index contributed by atoms with van der Waals surface area (Å²) in [5.41, 5.74) is 5.05. The van der Waals surface area contributed by atoms with Gasteiger partial charge in [-0.15, -0.1) is 0 Å². The van der Waals surface area contributed by atoms with Crippen LogP contribution in [-0.4, -0.2) is 24.0 Å². The molecule has 19 heavy (non-hydrogen) atoms. The topological polar surface area (TPSA) is 72.2 Å². The van der Waals surface area contributed by atoms with E-state index < -0.39 is 30.5 Å². The van der Waals surface area contributed by atoms with Crippen LogP contribution in [0.2, 0.25) is 0 Å². The highest BCUT2D eigenvalue weighted by molar-refractivity contribution is 5.86. The Morgan fingerprint density at radius 2 is 1.74 bits per heavy atom. The zero-order valence-electron chi connectivity index (χ0n) is 11.1. The van der Waals surface area contributed by atoms with E-state index in [1.54, 1.807) is 0 Å². The number of alkyl halides is 3. The summed E-state index contributed by atoms with van der Waals surface area (Å²) in [6, 6.07) is -1.02. The fourth-order valence-corrected chi connectivity index (χ4v) is 1.66. The molecule has 0 fully saturated rings. The summed E-state index contributed by atoms with van der Waals surface area (Å²) in [6.45, 7) is 2.06. The fraction of sp³-hybridized carbons (Fsp3) is 0.833. The van der Waals surface area contributed by atoms with E-state index in [4.69, 9.17) is 5.73 Å². The van der Waals surface area contributed by atoms with Crippen molar-refractivity contribution in [3.8, 4) is 0 Å². The van der Waals surface area contributed by atoms with Crippen molar-refractivity contribution < 1.29 is 22.8 Å². The van der Waals surface area contributed by atoms with Crippen LogP contribution in [0.25, 0.3) is 0 Å². The van der Waals surface area contributed by atoms with Gasteiger partial charge in [-0.05, 0) is 6.42 Å². The van der Waals surface area contributed by atoms with E-state index in [1.165, 1.54) is 0 Å². The molecule has 3 N–H and O–H groups in total. The van der Waals surface area contributed by atoms with Gasteiger partial charge in [-0.3, -0.25) is 9.59 Å². The van der Waals surface area contributed by atoms with Crippen molar-refractivity contribution in [1.29, 1.82) is 0 Å². The first-order valence-corrected chi connectivity index (χ1v) is 6.41. The van der Waals surface area contributed by atoms with Gasteiger partial charge in [0.05, 0.1) is 0 Å². The van der Waals surface area contributed by atoms with E-state index in [2.05, 4.69) is 6.92 Å². The standard InChI is InChI=1S/C12H21F3N2O2/c1-2-3-4-5-6-7-9(11(16)19)17-10(18)8-12(13,14)15/h9H,2-8H2,1H3,(H2,16,19)(H,17,18). The number of rotatable bonds is 9. The van der Waals surface area contributed by atoms with Gasteiger partial charge < -0.3 is 11.1 Å². The summed E-state index contributed by atoms with van der Waals surface area (Å²) in [4.78, 5) is 22.1. The van der Waals surface area contributed by atoms with Gasteiger partial charge in [0.15, 0.2) is 0 Å². The first-order valence-electron chi connectivity index (χ1n) is 6.41. The Bertz CT molecular complexity index is 293. The van der Waals surface area contributed by atoms with Crippen molar-refractivity contribution in [2.45, 2.75) is 64.1 Å². The van der Waals surface area contributed by atoms with Crippen LogP contribution >= 0.6 is 0 Å². The highest BCUT2D eigenvalue weighted by atomic mass is 19.4. The average Bonchev–Trinajstić information content (AvgIpc) is 2.24. The number of primary amides is 1. The van der Waals surface area contributed by atoms with Crippen molar-refractivity contribution in [3.63, 3.8) is 0 Å². The second kappa shape index (κ2) is 8.77. The van der Waals surface area contributed by atoms with E-state index in [9.17, 15) is 22.8 Å². The molecule has 0 aromatic rings. The number of hydrogen-bond donors (Lipinski definition) is 2. The van der Waals surface area contributed by atoms with E-state index in [1.807, 2.05) is 5.32 Å². The summed E-state index contributed by atoms with van der Waals surface area (Å²) in [5, 5.41) is 2.03. The normalized spacial score (nSPS) is 13.1. The number of amides is 2. The number of carbonyl (C=O) groups is 2. The maximum absolute atomic E-state index is 12.0. The third kappa shape index (κ3) is 10.3. The molecule has 2 amide bonds. The third-order valence-corrected chi connectivity index (χ3v) is 2.64. The van der Waals surface area contributed by atoms with Crippen LogP contribution in [0.15, 0.2) is 0 Å². The van der Waals surface area contributed by atoms with Crippen LogP contribution in [0.4, 0.5) is 13.2 Å². The molecule has 0 aliphatic carbocycles. The summed E-state index contributed by atoms with van der Waals surface area (Å²) < 4.78 is 35.9. The van der Waals surface area contributed by atoms with Crippen molar-refractivity contribution in [1.82, 2.24) is 5.32 Å². The van der Waals surface area contributed by atoms with E-state index in [0.29, 0.717) is 6.42 Å². The van der Waals surface area contributed by atoms with E-state index in [0.717, 1.165) is 25.7 Å². The maximum Gasteiger partial charge on any atom is 0.397 e. The molecule has 0 aromatic carbocycles. The van der Waals surface area contributed by atoms with Gasteiger partial charge in [0, 0.05) is 0 Å². The molecule has 0 saturated heterocycles. The lowest BCUT2D eigenvalue weighted by molar-refractivity contribution is -0.155. The van der Waals surface area contributed by atoms with Gasteiger partial charge >= 0.3 is 6.18 Å². The molecule has 0 rings (SSSR count). The molecule has 0 aromatic heterocycles. The van der Waals surface area contributed by atoms with Crippen LogP contribution in [-0.2, 0) is 9.59 Å². The van der Waals surface area contributed by atoms with Crippen LogP contribution in [0.3, 0.4) is 0 Å². The van der Waals surface area contributed by atoms with Crippen LogP contribution in [0, 0.1) is 0 Å². The summed E-state index contributed by atoms with van der Waals surface area (Å²) >= 11 is 0. The van der Waals surface area contributed by atoms with Gasteiger partial charge in [-0.1, -0.05) is 39.0 Å². The molecule has 0 aliphatic rings. The molecule has 0 saturated carbocycles. The maximum atomic E-state index is 12.0. The predicted octanol–water partition coefficient (Wildman–Crippen LogP) is 2.27. The number of hydrogen-bond acceptors (Lipinski definition) is 2. The largest absolute Gasteiger partial charge is 0.397 e. The van der Waals surface area contributed by atoms with E-state index in [-0.39, 0.29) is 6.42 Å². The molecule has 0 heterocycles. The quantitative estimate of drug-likeness (QED) is 0.637. The molecule has 0 radical (unpaired) electrons. The zero-order chi connectivity index (χ0) is 14.9. The summed E-state index contributed by atoms with van der Waals surface area (Å²) in [7, 11) is 0. The molecule has 4 nitrogen and oxygen atoms in total. The molecular formula is C12H21F3N2O2. The molecule has 7 heteroatoms. The lowest BCUT2D eigenvalue weighted by atomic mass is 10.1. The Hall–Kier alpha value is -1.27. The Kier molecular flexibility index (Phi) is 8.18. The first kappa shape index (κ1) is 17.7. The molecule has 112 valence electrons. The van der Waals surface area contributed by atoms with Crippen molar-refractivity contribution >= 4 is 11.8 Å². The highest BCUT2D eigenvalue weighted by Gasteiger charge is 2.32. The van der Waals surface area contributed by atoms with Gasteiger partial charge in [-0.25, -0.2) is 0 Å². The van der Waals surface area contributed by atoms with Crippen LogP contribution in [0.5, 0.6) is 0 Å². The molecule has 1 unspecified atom stereocenters. The van der Waals surface area contributed by atoms with Crippen molar-refractivity contribution in [2.24, 2.45) is 5.73 Å². The minimum atomic E-state index is -4.58. The molecule has 0 spiro atoms. The number of unbranched alkanes of at least 4 members (excludes halogenated alkanes) is 4. The van der Waals surface area contributed by atoms with Gasteiger partial charge in [0.25, 0.3) is 0 Å². The fourth-order valence-electron chi connectivity index (χ4n) is 1.66.